The summed E-state index contributed by atoms with van der Waals surface area (Å²) in [7, 11) is 0. The van der Waals surface area contributed by atoms with E-state index in [-0.39, 0.29) is 11.7 Å². The maximum Gasteiger partial charge on any atom is 0.225 e. The summed E-state index contributed by atoms with van der Waals surface area (Å²) in [6.07, 6.45) is 0.211. The van der Waals surface area contributed by atoms with Gasteiger partial charge in [-0.25, -0.2) is 9.97 Å². The van der Waals surface area contributed by atoms with Gasteiger partial charge in [-0.05, 0) is 40.7 Å². The van der Waals surface area contributed by atoms with Gasteiger partial charge in [-0.2, -0.15) is 0 Å². The van der Waals surface area contributed by atoms with Crippen molar-refractivity contribution in [3.63, 3.8) is 0 Å². The van der Waals surface area contributed by atoms with Crippen molar-refractivity contribution < 1.29 is 4.74 Å². The highest BCUT2D eigenvalue weighted by Gasteiger charge is 2.32. The first-order valence-electron chi connectivity index (χ1n) is 6.11. The SMILES string of the molecule is Cc1cc(C)nc(N2C[C@H](C)OC(C)(C)C2)n1. The Morgan fingerprint density at radius 1 is 1.29 bits per heavy atom. The van der Waals surface area contributed by atoms with Crippen molar-refractivity contribution >= 4 is 5.95 Å². The first-order chi connectivity index (χ1) is 7.85. The molecule has 4 heteroatoms. The van der Waals surface area contributed by atoms with Crippen LogP contribution < -0.4 is 4.90 Å². The molecule has 94 valence electrons. The maximum atomic E-state index is 5.89. The maximum absolute atomic E-state index is 5.89. The molecule has 17 heavy (non-hydrogen) atoms. The Bertz CT molecular complexity index is 397. The van der Waals surface area contributed by atoms with Crippen molar-refractivity contribution in [1.82, 2.24) is 9.97 Å². The van der Waals surface area contributed by atoms with Gasteiger partial charge < -0.3 is 9.64 Å². The largest absolute Gasteiger partial charge is 0.369 e. The molecule has 1 aliphatic rings. The van der Waals surface area contributed by atoms with Crippen LogP contribution in [0.1, 0.15) is 32.2 Å². The molecular weight excluding hydrogens is 214 g/mol. The molecule has 0 unspecified atom stereocenters. The van der Waals surface area contributed by atoms with E-state index in [0.717, 1.165) is 30.4 Å². The zero-order chi connectivity index (χ0) is 12.6. The number of anilines is 1. The van der Waals surface area contributed by atoms with Gasteiger partial charge in [-0.1, -0.05) is 0 Å². The third kappa shape index (κ3) is 2.94. The Balaban J connectivity index is 2.26. The number of rotatable bonds is 1. The second-order valence-electron chi connectivity index (χ2n) is 5.52. The van der Waals surface area contributed by atoms with Gasteiger partial charge in [0.2, 0.25) is 5.95 Å². The van der Waals surface area contributed by atoms with Crippen molar-refractivity contribution in [2.45, 2.75) is 46.3 Å². The average Bonchev–Trinajstić information content (AvgIpc) is 2.12. The van der Waals surface area contributed by atoms with Gasteiger partial charge in [0, 0.05) is 24.5 Å². The average molecular weight is 235 g/mol. The summed E-state index contributed by atoms with van der Waals surface area (Å²) in [5.74, 6) is 0.825. The lowest BCUT2D eigenvalue weighted by molar-refractivity contribution is -0.0754. The van der Waals surface area contributed by atoms with Crippen molar-refractivity contribution in [3.8, 4) is 0 Å². The monoisotopic (exact) mass is 235 g/mol. The fraction of sp³-hybridized carbons (Fsp3) is 0.692. The van der Waals surface area contributed by atoms with Crippen molar-refractivity contribution in [2.24, 2.45) is 0 Å². The van der Waals surface area contributed by atoms with Crippen LogP contribution in [0.4, 0.5) is 5.95 Å². The molecule has 1 aliphatic heterocycles. The van der Waals surface area contributed by atoms with E-state index < -0.39 is 0 Å². The quantitative estimate of drug-likeness (QED) is 0.747. The van der Waals surface area contributed by atoms with Gasteiger partial charge in [0.15, 0.2) is 0 Å². The van der Waals surface area contributed by atoms with Crippen LogP contribution in [0.2, 0.25) is 0 Å². The molecule has 0 saturated carbocycles. The van der Waals surface area contributed by atoms with E-state index in [1.165, 1.54) is 0 Å². The Hall–Kier alpha value is -1.16. The molecule has 0 aliphatic carbocycles. The van der Waals surface area contributed by atoms with Crippen LogP contribution in [0.5, 0.6) is 0 Å². The predicted molar refractivity (Wildman–Crippen MR) is 68.3 cm³/mol. The highest BCUT2D eigenvalue weighted by molar-refractivity contribution is 5.33. The summed E-state index contributed by atoms with van der Waals surface area (Å²) in [5.41, 5.74) is 1.90. The summed E-state index contributed by atoms with van der Waals surface area (Å²) in [6.45, 7) is 12.0. The molecule has 0 spiro atoms. The number of ether oxygens (including phenoxy) is 1. The molecule has 2 rings (SSSR count). The Labute approximate surface area is 103 Å². The summed E-state index contributed by atoms with van der Waals surface area (Å²) < 4.78 is 5.89. The van der Waals surface area contributed by atoms with Gasteiger partial charge in [0.25, 0.3) is 0 Å². The highest BCUT2D eigenvalue weighted by Crippen LogP contribution is 2.23. The van der Waals surface area contributed by atoms with E-state index >= 15 is 0 Å². The van der Waals surface area contributed by atoms with Crippen LogP contribution >= 0.6 is 0 Å². The predicted octanol–water partition coefficient (Wildman–Crippen LogP) is 2.10. The smallest absolute Gasteiger partial charge is 0.225 e. The van der Waals surface area contributed by atoms with Crippen LogP contribution in [0.25, 0.3) is 0 Å². The molecular formula is C13H21N3O. The van der Waals surface area contributed by atoms with Gasteiger partial charge in [-0.3, -0.25) is 0 Å². The molecule has 0 bridgehead atoms. The first kappa shape index (κ1) is 12.3. The highest BCUT2D eigenvalue weighted by atomic mass is 16.5. The molecule has 4 nitrogen and oxygen atoms in total. The van der Waals surface area contributed by atoms with Crippen molar-refractivity contribution in [3.05, 3.63) is 17.5 Å². The second kappa shape index (κ2) is 4.26. The minimum atomic E-state index is -0.140. The molecule has 1 fully saturated rings. The van der Waals surface area contributed by atoms with Gasteiger partial charge in [0.1, 0.15) is 0 Å². The molecule has 1 atom stereocenters. The zero-order valence-electron chi connectivity index (χ0n) is 11.3. The Morgan fingerprint density at radius 2 is 1.88 bits per heavy atom. The summed E-state index contributed by atoms with van der Waals surface area (Å²) in [6, 6.07) is 2.00. The fourth-order valence-electron chi connectivity index (χ4n) is 2.45. The van der Waals surface area contributed by atoms with E-state index in [4.69, 9.17) is 4.74 Å². The number of aromatic nitrogens is 2. The zero-order valence-corrected chi connectivity index (χ0v) is 11.3. The summed E-state index contributed by atoms with van der Waals surface area (Å²) >= 11 is 0. The van der Waals surface area contributed by atoms with E-state index in [9.17, 15) is 0 Å². The van der Waals surface area contributed by atoms with E-state index in [1.807, 2.05) is 19.9 Å². The molecule has 0 aromatic carbocycles. The van der Waals surface area contributed by atoms with Crippen molar-refractivity contribution in [1.29, 1.82) is 0 Å². The fourth-order valence-corrected chi connectivity index (χ4v) is 2.45. The number of hydrogen-bond donors (Lipinski definition) is 0. The molecule has 1 aromatic rings. The third-order valence-corrected chi connectivity index (χ3v) is 2.82. The first-order valence-corrected chi connectivity index (χ1v) is 6.11. The van der Waals surface area contributed by atoms with Gasteiger partial charge in [-0.15, -0.1) is 0 Å². The molecule has 2 heterocycles. The number of nitrogens with zero attached hydrogens (tertiary/aromatic N) is 3. The van der Waals surface area contributed by atoms with Crippen LogP contribution in [0.3, 0.4) is 0 Å². The van der Waals surface area contributed by atoms with Crippen molar-refractivity contribution in [2.75, 3.05) is 18.0 Å². The Morgan fingerprint density at radius 3 is 2.41 bits per heavy atom. The number of morpholine rings is 1. The van der Waals surface area contributed by atoms with E-state index in [1.54, 1.807) is 0 Å². The third-order valence-electron chi connectivity index (χ3n) is 2.82. The lowest BCUT2D eigenvalue weighted by Crippen LogP contribution is -2.52. The number of hydrogen-bond acceptors (Lipinski definition) is 4. The van der Waals surface area contributed by atoms with Crippen LogP contribution in [0.15, 0.2) is 6.07 Å². The van der Waals surface area contributed by atoms with Crippen LogP contribution in [-0.2, 0) is 4.74 Å². The molecule has 1 aromatic heterocycles. The molecule has 0 amide bonds. The van der Waals surface area contributed by atoms with Crippen LogP contribution in [-0.4, -0.2) is 34.8 Å². The minimum absolute atomic E-state index is 0.140. The molecule has 1 saturated heterocycles. The normalized spacial score (nSPS) is 23.8. The Kier molecular flexibility index (Phi) is 3.08. The minimum Gasteiger partial charge on any atom is -0.369 e. The second-order valence-corrected chi connectivity index (χ2v) is 5.52. The van der Waals surface area contributed by atoms with E-state index in [0.29, 0.717) is 0 Å². The van der Waals surface area contributed by atoms with Crippen LogP contribution in [0, 0.1) is 13.8 Å². The molecule has 0 radical (unpaired) electrons. The van der Waals surface area contributed by atoms with Gasteiger partial charge >= 0.3 is 0 Å². The van der Waals surface area contributed by atoms with Gasteiger partial charge in [0.05, 0.1) is 11.7 Å². The lowest BCUT2D eigenvalue weighted by atomic mass is 10.1. The van der Waals surface area contributed by atoms with E-state index in [2.05, 4.69) is 35.6 Å². The topological polar surface area (TPSA) is 38.2 Å². The summed E-state index contributed by atoms with van der Waals surface area (Å²) in [4.78, 5) is 11.3. The lowest BCUT2D eigenvalue weighted by Gasteiger charge is -2.41. The summed E-state index contributed by atoms with van der Waals surface area (Å²) in [5, 5.41) is 0. The number of aryl methyl sites for hydroxylation is 2. The molecule has 0 N–H and O–H groups in total. The standard InChI is InChI=1S/C13H21N3O/c1-9-6-10(2)15-12(14-9)16-7-11(3)17-13(4,5)8-16/h6,11H,7-8H2,1-5H3/t11-/m0/s1.